The minimum absolute atomic E-state index is 0.140. The lowest BCUT2D eigenvalue weighted by molar-refractivity contribution is -0.385. The molecule has 0 spiro atoms. The summed E-state index contributed by atoms with van der Waals surface area (Å²) in [6.07, 6.45) is 6.24. The molecular formula is C16H21F2N3O2. The van der Waals surface area contributed by atoms with Crippen molar-refractivity contribution in [3.63, 3.8) is 0 Å². The first-order valence-electron chi connectivity index (χ1n) is 8.18. The molecule has 1 heterocycles. The number of anilines is 1. The van der Waals surface area contributed by atoms with Gasteiger partial charge in [-0.15, -0.1) is 0 Å². The van der Waals surface area contributed by atoms with Crippen molar-refractivity contribution in [1.82, 2.24) is 4.90 Å². The minimum atomic E-state index is -0.859. The van der Waals surface area contributed by atoms with E-state index < -0.39 is 22.2 Å². The van der Waals surface area contributed by atoms with Crippen molar-refractivity contribution < 1.29 is 13.7 Å². The number of rotatable bonds is 3. The molecule has 2 aliphatic rings. The quantitative estimate of drug-likeness (QED) is 0.632. The van der Waals surface area contributed by atoms with Gasteiger partial charge in [-0.2, -0.15) is 0 Å². The van der Waals surface area contributed by atoms with E-state index in [4.69, 9.17) is 0 Å². The molecule has 0 atom stereocenters. The predicted molar refractivity (Wildman–Crippen MR) is 83.7 cm³/mol. The van der Waals surface area contributed by atoms with Gasteiger partial charge in [0.1, 0.15) is 5.69 Å². The van der Waals surface area contributed by atoms with Crippen LogP contribution in [0.5, 0.6) is 0 Å². The third-order valence-electron chi connectivity index (χ3n) is 4.93. The number of nitro benzene ring substituents is 1. The standard InChI is InChI=1S/C16H21F2N3O2/c17-14-10-13(21(22)23)11-15(18)16(14)20-8-6-19(7-9-20)12-4-2-1-3-5-12/h10-12H,1-9H2. The van der Waals surface area contributed by atoms with Crippen molar-refractivity contribution >= 4 is 11.4 Å². The number of non-ortho nitro benzene ring substituents is 1. The van der Waals surface area contributed by atoms with E-state index >= 15 is 0 Å². The van der Waals surface area contributed by atoms with Gasteiger partial charge in [0, 0.05) is 32.2 Å². The molecule has 126 valence electrons. The number of benzene rings is 1. The zero-order valence-electron chi connectivity index (χ0n) is 13.0. The zero-order chi connectivity index (χ0) is 16.4. The second-order valence-corrected chi connectivity index (χ2v) is 6.33. The summed E-state index contributed by atoms with van der Waals surface area (Å²) in [5, 5.41) is 10.7. The van der Waals surface area contributed by atoms with Gasteiger partial charge >= 0.3 is 0 Å². The average molecular weight is 325 g/mol. The van der Waals surface area contributed by atoms with Crippen molar-refractivity contribution in [2.24, 2.45) is 0 Å². The second-order valence-electron chi connectivity index (χ2n) is 6.33. The van der Waals surface area contributed by atoms with E-state index in [0.29, 0.717) is 19.1 Å². The van der Waals surface area contributed by atoms with E-state index in [0.717, 1.165) is 25.2 Å². The zero-order valence-corrected chi connectivity index (χ0v) is 13.0. The van der Waals surface area contributed by atoms with Crippen LogP contribution in [0, 0.1) is 21.7 Å². The number of piperazine rings is 1. The summed E-state index contributed by atoms with van der Waals surface area (Å²) in [6.45, 7) is 2.64. The number of hydrogen-bond acceptors (Lipinski definition) is 4. The highest BCUT2D eigenvalue weighted by atomic mass is 19.1. The Morgan fingerprint density at radius 1 is 1.00 bits per heavy atom. The van der Waals surface area contributed by atoms with Crippen molar-refractivity contribution in [3.8, 4) is 0 Å². The van der Waals surface area contributed by atoms with E-state index in [1.165, 1.54) is 32.1 Å². The Labute approximate surface area is 134 Å². The predicted octanol–water partition coefficient (Wildman–Crippen LogP) is 3.33. The first-order valence-corrected chi connectivity index (χ1v) is 8.18. The Morgan fingerprint density at radius 3 is 2.09 bits per heavy atom. The summed E-state index contributed by atoms with van der Waals surface area (Å²) < 4.78 is 28.2. The molecule has 7 heteroatoms. The van der Waals surface area contributed by atoms with E-state index in [1.54, 1.807) is 4.90 Å². The van der Waals surface area contributed by atoms with Crippen LogP contribution in [0.15, 0.2) is 12.1 Å². The normalized spacial score (nSPS) is 20.7. The van der Waals surface area contributed by atoms with Crippen LogP contribution < -0.4 is 4.90 Å². The van der Waals surface area contributed by atoms with Crippen molar-refractivity contribution in [3.05, 3.63) is 33.9 Å². The highest BCUT2D eigenvalue weighted by Gasteiger charge is 2.28. The molecule has 5 nitrogen and oxygen atoms in total. The van der Waals surface area contributed by atoms with E-state index in [1.807, 2.05) is 0 Å². The molecule has 0 bridgehead atoms. The Kier molecular flexibility index (Phi) is 4.75. The van der Waals surface area contributed by atoms with Gasteiger partial charge in [-0.25, -0.2) is 8.78 Å². The molecule has 0 radical (unpaired) electrons. The van der Waals surface area contributed by atoms with Crippen molar-refractivity contribution in [1.29, 1.82) is 0 Å². The van der Waals surface area contributed by atoms with Gasteiger partial charge in [-0.3, -0.25) is 15.0 Å². The fourth-order valence-electron chi connectivity index (χ4n) is 3.72. The molecule has 23 heavy (non-hydrogen) atoms. The fraction of sp³-hybridized carbons (Fsp3) is 0.625. The topological polar surface area (TPSA) is 49.6 Å². The smallest absolute Gasteiger partial charge is 0.275 e. The van der Waals surface area contributed by atoms with Crippen molar-refractivity contribution in [2.45, 2.75) is 38.1 Å². The summed E-state index contributed by atoms with van der Waals surface area (Å²) in [7, 11) is 0. The Hall–Kier alpha value is -1.76. The average Bonchev–Trinajstić information content (AvgIpc) is 2.55. The van der Waals surface area contributed by atoms with Gasteiger partial charge in [0.05, 0.1) is 17.1 Å². The lowest BCUT2D eigenvalue weighted by atomic mass is 9.94. The van der Waals surface area contributed by atoms with Gasteiger partial charge in [0.2, 0.25) is 0 Å². The van der Waals surface area contributed by atoms with E-state index in [2.05, 4.69) is 4.90 Å². The summed E-state index contributed by atoms with van der Waals surface area (Å²) in [5.74, 6) is -1.72. The van der Waals surface area contributed by atoms with Gasteiger partial charge < -0.3 is 4.90 Å². The van der Waals surface area contributed by atoms with Gasteiger partial charge in [-0.1, -0.05) is 19.3 Å². The molecule has 1 saturated carbocycles. The highest BCUT2D eigenvalue weighted by Crippen LogP contribution is 2.30. The van der Waals surface area contributed by atoms with Crippen LogP contribution in [-0.4, -0.2) is 42.0 Å². The summed E-state index contributed by atoms with van der Waals surface area (Å²) in [4.78, 5) is 14.0. The molecule has 0 aromatic heterocycles. The van der Waals surface area contributed by atoms with Gasteiger partial charge in [-0.05, 0) is 12.8 Å². The van der Waals surface area contributed by atoms with Crippen LogP contribution in [0.25, 0.3) is 0 Å². The molecule has 2 fully saturated rings. The summed E-state index contributed by atoms with van der Waals surface area (Å²) in [5.41, 5.74) is -0.691. The van der Waals surface area contributed by atoms with Crippen LogP contribution in [0.4, 0.5) is 20.2 Å². The van der Waals surface area contributed by atoms with Crippen LogP contribution in [0.3, 0.4) is 0 Å². The second kappa shape index (κ2) is 6.78. The number of nitrogens with zero attached hydrogens (tertiary/aromatic N) is 3. The van der Waals surface area contributed by atoms with E-state index in [9.17, 15) is 18.9 Å². The lowest BCUT2D eigenvalue weighted by Crippen LogP contribution is -2.51. The lowest BCUT2D eigenvalue weighted by Gasteiger charge is -2.41. The first-order chi connectivity index (χ1) is 11.1. The SMILES string of the molecule is O=[N+]([O-])c1cc(F)c(N2CCN(C3CCCCC3)CC2)c(F)c1. The minimum Gasteiger partial charge on any atom is -0.364 e. The van der Waals surface area contributed by atoms with Crippen LogP contribution in [-0.2, 0) is 0 Å². The third-order valence-corrected chi connectivity index (χ3v) is 4.93. The molecule has 1 aromatic carbocycles. The summed E-state index contributed by atoms with van der Waals surface area (Å²) in [6, 6.07) is 2.19. The van der Waals surface area contributed by atoms with Crippen LogP contribution >= 0.6 is 0 Å². The molecule has 3 rings (SSSR count). The fourth-order valence-corrected chi connectivity index (χ4v) is 3.72. The van der Waals surface area contributed by atoms with E-state index in [-0.39, 0.29) is 5.69 Å². The van der Waals surface area contributed by atoms with Crippen molar-refractivity contribution in [2.75, 3.05) is 31.1 Å². The maximum absolute atomic E-state index is 14.1. The molecule has 1 aliphatic carbocycles. The third kappa shape index (κ3) is 3.44. The molecule has 1 aliphatic heterocycles. The monoisotopic (exact) mass is 325 g/mol. The number of hydrogen-bond donors (Lipinski definition) is 0. The molecule has 0 N–H and O–H groups in total. The van der Waals surface area contributed by atoms with Gasteiger partial charge in [0.15, 0.2) is 11.6 Å². The molecule has 1 aromatic rings. The maximum Gasteiger partial charge on any atom is 0.275 e. The summed E-state index contributed by atoms with van der Waals surface area (Å²) >= 11 is 0. The van der Waals surface area contributed by atoms with Gasteiger partial charge in [0.25, 0.3) is 5.69 Å². The molecule has 1 saturated heterocycles. The van der Waals surface area contributed by atoms with Crippen LogP contribution in [0.2, 0.25) is 0 Å². The maximum atomic E-state index is 14.1. The Morgan fingerprint density at radius 2 is 1.57 bits per heavy atom. The molecule has 0 amide bonds. The number of halogens is 2. The highest BCUT2D eigenvalue weighted by molar-refractivity contribution is 5.54. The number of nitro groups is 1. The largest absolute Gasteiger partial charge is 0.364 e. The Bertz CT molecular complexity index is 560. The molecule has 0 unspecified atom stereocenters. The molecular weight excluding hydrogens is 304 g/mol. The Balaban J connectivity index is 1.69. The first kappa shape index (κ1) is 16.1. The van der Waals surface area contributed by atoms with Crippen LogP contribution in [0.1, 0.15) is 32.1 Å².